The third kappa shape index (κ3) is 6.99. The fourth-order valence-electron chi connectivity index (χ4n) is 5.96. The summed E-state index contributed by atoms with van der Waals surface area (Å²) in [7, 11) is 0. The fraction of sp³-hybridized carbons (Fsp3) is 0.529. The Balaban J connectivity index is 1.50. The summed E-state index contributed by atoms with van der Waals surface area (Å²) in [5.74, 6) is 0.960. The molecule has 2 fully saturated rings. The Labute approximate surface area is 254 Å². The van der Waals surface area contributed by atoms with E-state index in [2.05, 4.69) is 18.7 Å². The lowest BCUT2D eigenvalue weighted by Gasteiger charge is -2.29. The molecular formula is C34H44N2O7. The second kappa shape index (κ2) is 13.8. The van der Waals surface area contributed by atoms with Crippen LogP contribution in [0.1, 0.15) is 63.3 Å². The van der Waals surface area contributed by atoms with Gasteiger partial charge < -0.3 is 29.0 Å². The van der Waals surface area contributed by atoms with Crippen LogP contribution in [0.5, 0.6) is 17.2 Å². The standard InChI is InChI=1S/C34H44N2O7/c1-5-41-29-21-24(7-10-28(29)42-16-11-22(2)3)31-30(32(37)25-8-9-27-26(20-25)19-23(4)43-27)33(38)34(39)36(31)13-6-12-35-14-17-40-18-15-35/h7-10,20-23,31,37H,5-6,11-19H2,1-4H3/b32-30+/t23-,31+/m1/s1. The van der Waals surface area contributed by atoms with Gasteiger partial charge in [-0.05, 0) is 74.1 Å². The molecule has 232 valence electrons. The number of amides is 1. The summed E-state index contributed by atoms with van der Waals surface area (Å²) in [5, 5.41) is 11.6. The molecule has 0 unspecified atom stereocenters. The molecule has 2 atom stereocenters. The molecule has 0 aromatic heterocycles. The van der Waals surface area contributed by atoms with E-state index in [4.69, 9.17) is 18.9 Å². The molecule has 3 aliphatic heterocycles. The van der Waals surface area contributed by atoms with Gasteiger partial charge in [-0.25, -0.2) is 0 Å². The number of Topliss-reactive ketones (excluding diaryl/α,β-unsaturated/α-hetero) is 1. The topological polar surface area (TPSA) is 97.8 Å². The van der Waals surface area contributed by atoms with Crippen LogP contribution in [0.4, 0.5) is 0 Å². The highest BCUT2D eigenvalue weighted by Crippen LogP contribution is 2.43. The van der Waals surface area contributed by atoms with Gasteiger partial charge in [0.1, 0.15) is 17.6 Å². The van der Waals surface area contributed by atoms with Crippen molar-refractivity contribution in [2.24, 2.45) is 5.92 Å². The lowest BCUT2D eigenvalue weighted by atomic mass is 9.94. The quantitative estimate of drug-likeness (QED) is 0.210. The van der Waals surface area contributed by atoms with Crippen molar-refractivity contribution >= 4 is 17.4 Å². The maximum Gasteiger partial charge on any atom is 0.295 e. The van der Waals surface area contributed by atoms with E-state index in [-0.39, 0.29) is 17.4 Å². The van der Waals surface area contributed by atoms with Crippen LogP contribution >= 0.6 is 0 Å². The molecule has 3 heterocycles. The van der Waals surface area contributed by atoms with Gasteiger partial charge in [0.2, 0.25) is 0 Å². The van der Waals surface area contributed by atoms with Crippen molar-refractivity contribution in [2.45, 2.75) is 59.1 Å². The highest BCUT2D eigenvalue weighted by atomic mass is 16.5. The Morgan fingerprint density at radius 3 is 2.58 bits per heavy atom. The SMILES string of the molecule is CCOc1cc([C@H]2/C(=C(\O)c3ccc4c(c3)C[C@@H](C)O4)C(=O)C(=O)N2CCCN2CCOCC2)ccc1OCCC(C)C. The van der Waals surface area contributed by atoms with Crippen LogP contribution in [0.2, 0.25) is 0 Å². The molecule has 0 aliphatic carbocycles. The van der Waals surface area contributed by atoms with Crippen molar-refractivity contribution in [2.75, 3.05) is 52.6 Å². The number of fused-ring (bicyclic) bond motifs is 1. The molecule has 5 rings (SSSR count). The molecule has 0 bridgehead atoms. The smallest absolute Gasteiger partial charge is 0.295 e. The molecule has 0 radical (unpaired) electrons. The maximum absolute atomic E-state index is 13.6. The van der Waals surface area contributed by atoms with E-state index in [9.17, 15) is 14.7 Å². The molecular weight excluding hydrogens is 548 g/mol. The Morgan fingerprint density at radius 2 is 1.84 bits per heavy atom. The van der Waals surface area contributed by atoms with Gasteiger partial charge in [0, 0.05) is 38.2 Å². The predicted molar refractivity (Wildman–Crippen MR) is 164 cm³/mol. The van der Waals surface area contributed by atoms with Crippen LogP contribution in [-0.2, 0) is 20.7 Å². The van der Waals surface area contributed by atoms with Crippen molar-refractivity contribution in [1.29, 1.82) is 0 Å². The Bertz CT molecular complexity index is 1350. The molecule has 3 aliphatic rings. The van der Waals surface area contributed by atoms with E-state index in [1.165, 1.54) is 0 Å². The zero-order chi connectivity index (χ0) is 30.5. The molecule has 2 aromatic carbocycles. The van der Waals surface area contributed by atoms with E-state index in [1.54, 1.807) is 11.0 Å². The minimum absolute atomic E-state index is 0.0442. The number of hydrogen-bond donors (Lipinski definition) is 1. The normalized spacial score (nSPS) is 21.7. The summed E-state index contributed by atoms with van der Waals surface area (Å²) < 4.78 is 23.3. The summed E-state index contributed by atoms with van der Waals surface area (Å²) in [4.78, 5) is 31.1. The third-order valence-electron chi connectivity index (χ3n) is 8.22. The van der Waals surface area contributed by atoms with Crippen molar-refractivity contribution < 1.29 is 33.6 Å². The lowest BCUT2D eigenvalue weighted by Crippen LogP contribution is -2.39. The second-order valence-electron chi connectivity index (χ2n) is 11.9. The highest BCUT2D eigenvalue weighted by molar-refractivity contribution is 6.46. The number of rotatable bonds is 12. The molecule has 1 N–H and O–H groups in total. The summed E-state index contributed by atoms with van der Waals surface area (Å²) in [6.45, 7) is 13.4. The van der Waals surface area contributed by atoms with Gasteiger partial charge in [0.15, 0.2) is 11.5 Å². The summed E-state index contributed by atoms with van der Waals surface area (Å²) >= 11 is 0. The van der Waals surface area contributed by atoms with Gasteiger partial charge in [0.25, 0.3) is 11.7 Å². The number of ether oxygens (including phenoxy) is 4. The number of aliphatic hydroxyl groups is 1. The maximum atomic E-state index is 13.6. The number of nitrogens with zero attached hydrogens (tertiary/aromatic N) is 2. The molecule has 2 aromatic rings. The molecule has 9 nitrogen and oxygen atoms in total. The van der Waals surface area contributed by atoms with Crippen LogP contribution in [0.3, 0.4) is 0 Å². The molecule has 0 spiro atoms. The lowest BCUT2D eigenvalue weighted by molar-refractivity contribution is -0.140. The minimum Gasteiger partial charge on any atom is -0.507 e. The number of likely N-dealkylation sites (tertiary alicyclic amines) is 1. The van der Waals surface area contributed by atoms with Gasteiger partial charge in [-0.3, -0.25) is 14.5 Å². The minimum atomic E-state index is -0.767. The Morgan fingerprint density at radius 1 is 1.05 bits per heavy atom. The van der Waals surface area contributed by atoms with Gasteiger partial charge >= 0.3 is 0 Å². The first-order chi connectivity index (χ1) is 20.8. The van der Waals surface area contributed by atoms with Crippen molar-refractivity contribution in [3.63, 3.8) is 0 Å². The molecule has 1 amide bonds. The number of morpholine rings is 1. The van der Waals surface area contributed by atoms with Gasteiger partial charge in [0.05, 0.1) is 38.0 Å². The Kier molecular flexibility index (Phi) is 9.93. The summed E-state index contributed by atoms with van der Waals surface area (Å²) in [6, 6.07) is 10.2. The number of hydrogen-bond acceptors (Lipinski definition) is 8. The zero-order valence-electron chi connectivity index (χ0n) is 25.8. The fourth-order valence-corrected chi connectivity index (χ4v) is 5.96. The molecule has 43 heavy (non-hydrogen) atoms. The van der Waals surface area contributed by atoms with Crippen LogP contribution < -0.4 is 14.2 Å². The zero-order valence-corrected chi connectivity index (χ0v) is 25.8. The van der Waals surface area contributed by atoms with Crippen molar-refractivity contribution in [3.8, 4) is 17.2 Å². The number of ketones is 1. The van der Waals surface area contributed by atoms with Crippen LogP contribution in [0.25, 0.3) is 5.76 Å². The van der Waals surface area contributed by atoms with E-state index >= 15 is 0 Å². The largest absolute Gasteiger partial charge is 0.507 e. The first kappa shape index (κ1) is 30.9. The monoisotopic (exact) mass is 592 g/mol. The number of carbonyl (C=O) groups excluding carboxylic acids is 2. The highest BCUT2D eigenvalue weighted by Gasteiger charge is 2.46. The van der Waals surface area contributed by atoms with Gasteiger partial charge in [-0.15, -0.1) is 0 Å². The van der Waals surface area contributed by atoms with Crippen LogP contribution in [-0.4, -0.2) is 85.3 Å². The molecule has 2 saturated heterocycles. The summed E-state index contributed by atoms with van der Waals surface area (Å²) in [5.41, 5.74) is 2.23. The average Bonchev–Trinajstić information content (AvgIpc) is 3.49. The molecule has 0 saturated carbocycles. The van der Waals surface area contributed by atoms with Crippen molar-refractivity contribution in [3.05, 3.63) is 58.7 Å². The van der Waals surface area contributed by atoms with E-state index in [0.29, 0.717) is 74.4 Å². The first-order valence-corrected chi connectivity index (χ1v) is 15.5. The molecule has 9 heteroatoms. The number of carbonyl (C=O) groups is 2. The van der Waals surface area contributed by atoms with Crippen molar-refractivity contribution in [1.82, 2.24) is 9.80 Å². The van der Waals surface area contributed by atoms with Gasteiger partial charge in [-0.2, -0.15) is 0 Å². The number of aliphatic hydroxyl groups excluding tert-OH is 1. The van der Waals surface area contributed by atoms with E-state index < -0.39 is 17.7 Å². The number of benzene rings is 2. The average molecular weight is 593 g/mol. The second-order valence-corrected chi connectivity index (χ2v) is 11.9. The first-order valence-electron chi connectivity index (χ1n) is 15.5. The third-order valence-corrected chi connectivity index (χ3v) is 8.22. The predicted octanol–water partition coefficient (Wildman–Crippen LogP) is 4.98. The van der Waals surface area contributed by atoms with Gasteiger partial charge in [-0.1, -0.05) is 19.9 Å². The Hall–Kier alpha value is -3.56. The van der Waals surface area contributed by atoms with E-state index in [1.807, 2.05) is 44.2 Å². The van der Waals surface area contributed by atoms with Crippen LogP contribution in [0, 0.1) is 5.92 Å². The van der Waals surface area contributed by atoms with Crippen LogP contribution in [0.15, 0.2) is 42.0 Å². The summed E-state index contributed by atoms with van der Waals surface area (Å²) in [6.07, 6.45) is 2.35. The van der Waals surface area contributed by atoms with E-state index in [0.717, 1.165) is 37.4 Å².